The predicted octanol–water partition coefficient (Wildman–Crippen LogP) is 4.31. The summed E-state index contributed by atoms with van der Waals surface area (Å²) in [6.45, 7) is 2.15. The van der Waals surface area contributed by atoms with Gasteiger partial charge in [0, 0.05) is 13.6 Å². The third kappa shape index (κ3) is 5.52. The fourth-order valence-electron chi connectivity index (χ4n) is 2.24. The molecule has 134 valence electrons. The maximum Gasteiger partial charge on any atom is 0.416 e. The Kier molecular flexibility index (Phi) is 6.07. The van der Waals surface area contributed by atoms with E-state index < -0.39 is 11.7 Å². The first kappa shape index (κ1) is 18.8. The van der Waals surface area contributed by atoms with Crippen molar-refractivity contribution in [2.24, 2.45) is 0 Å². The summed E-state index contributed by atoms with van der Waals surface area (Å²) in [6, 6.07) is 12.3. The Balaban J connectivity index is 1.87. The lowest BCUT2D eigenvalue weighted by Crippen LogP contribution is -2.31. The van der Waals surface area contributed by atoms with E-state index >= 15 is 0 Å². The van der Waals surface area contributed by atoms with Gasteiger partial charge < -0.3 is 9.64 Å². The van der Waals surface area contributed by atoms with Crippen molar-refractivity contribution in [3.8, 4) is 5.75 Å². The Bertz CT molecular complexity index is 694. The molecule has 2 aromatic carbocycles. The van der Waals surface area contributed by atoms with E-state index in [0.717, 1.165) is 18.6 Å². The molecule has 0 heterocycles. The van der Waals surface area contributed by atoms with Crippen LogP contribution in [0.25, 0.3) is 0 Å². The Morgan fingerprint density at radius 3 is 2.08 bits per heavy atom. The summed E-state index contributed by atoms with van der Waals surface area (Å²) in [5.41, 5.74) is 1.10. The predicted molar refractivity (Wildman–Crippen MR) is 89.2 cm³/mol. The van der Waals surface area contributed by atoms with E-state index in [1.807, 2.05) is 24.3 Å². The molecule has 2 aromatic rings. The van der Waals surface area contributed by atoms with Crippen LogP contribution >= 0.6 is 0 Å². The van der Waals surface area contributed by atoms with Crippen molar-refractivity contribution in [3.63, 3.8) is 0 Å². The van der Waals surface area contributed by atoms with Crippen LogP contribution in [0.2, 0.25) is 0 Å². The number of nitrogens with zero attached hydrogens (tertiary/aromatic N) is 1. The lowest BCUT2D eigenvalue weighted by Gasteiger charge is -2.18. The number of carbonyl (C=O) groups excluding carboxylic acids is 1. The van der Waals surface area contributed by atoms with E-state index in [1.165, 1.54) is 22.6 Å². The highest BCUT2D eigenvalue weighted by atomic mass is 19.4. The van der Waals surface area contributed by atoms with Crippen LogP contribution in [-0.2, 0) is 23.9 Å². The van der Waals surface area contributed by atoms with Crippen LogP contribution in [0.4, 0.5) is 13.2 Å². The highest BCUT2D eigenvalue weighted by molar-refractivity contribution is 5.77. The summed E-state index contributed by atoms with van der Waals surface area (Å²) in [7, 11) is 1.59. The van der Waals surface area contributed by atoms with Crippen molar-refractivity contribution in [2.75, 3.05) is 13.7 Å². The molecule has 0 radical (unpaired) electrons. The lowest BCUT2D eigenvalue weighted by atomic mass is 10.1. The molecular formula is C19H20F3NO2. The van der Waals surface area contributed by atoms with Crippen LogP contribution in [0.3, 0.4) is 0 Å². The molecule has 0 aliphatic carbocycles. The van der Waals surface area contributed by atoms with Crippen LogP contribution in [0.15, 0.2) is 48.5 Å². The number of likely N-dealkylation sites (N-methyl/N-ethyl adjacent to an activating group) is 1. The van der Waals surface area contributed by atoms with Crippen molar-refractivity contribution < 1.29 is 22.7 Å². The second-order valence-corrected chi connectivity index (χ2v) is 5.73. The molecule has 0 N–H and O–H groups in total. The van der Waals surface area contributed by atoms with E-state index in [0.29, 0.717) is 11.3 Å². The Morgan fingerprint density at radius 1 is 1.00 bits per heavy atom. The van der Waals surface area contributed by atoms with Crippen molar-refractivity contribution in [1.29, 1.82) is 0 Å². The normalized spacial score (nSPS) is 11.2. The van der Waals surface area contributed by atoms with Crippen LogP contribution in [0.5, 0.6) is 5.75 Å². The molecule has 6 heteroatoms. The summed E-state index contributed by atoms with van der Waals surface area (Å²) >= 11 is 0. The first-order valence-corrected chi connectivity index (χ1v) is 7.91. The van der Waals surface area contributed by atoms with Crippen LogP contribution < -0.4 is 4.74 Å². The molecule has 0 aliphatic heterocycles. The summed E-state index contributed by atoms with van der Waals surface area (Å²) in [5.74, 6) is 0.355. The van der Waals surface area contributed by atoms with Gasteiger partial charge >= 0.3 is 6.18 Å². The molecule has 0 unspecified atom stereocenters. The number of halogens is 3. The average Bonchev–Trinajstić information content (AvgIpc) is 2.59. The number of benzene rings is 2. The number of alkyl halides is 3. The van der Waals surface area contributed by atoms with E-state index in [4.69, 9.17) is 4.74 Å². The highest BCUT2D eigenvalue weighted by Crippen LogP contribution is 2.29. The Hall–Kier alpha value is -2.50. The monoisotopic (exact) mass is 351 g/mol. The smallest absolute Gasteiger partial charge is 0.416 e. The summed E-state index contributed by atoms with van der Waals surface area (Å²) < 4.78 is 43.1. The molecule has 0 saturated carbocycles. The zero-order chi connectivity index (χ0) is 18.4. The van der Waals surface area contributed by atoms with Crippen LogP contribution in [-0.4, -0.2) is 24.5 Å². The molecular weight excluding hydrogens is 331 g/mol. The van der Waals surface area contributed by atoms with Gasteiger partial charge in [0.05, 0.1) is 5.56 Å². The molecule has 0 saturated heterocycles. The third-order valence-electron chi connectivity index (χ3n) is 3.82. The second kappa shape index (κ2) is 8.05. The van der Waals surface area contributed by atoms with Gasteiger partial charge in [0.1, 0.15) is 5.75 Å². The van der Waals surface area contributed by atoms with E-state index in [2.05, 4.69) is 6.92 Å². The number of rotatable bonds is 6. The van der Waals surface area contributed by atoms with Gasteiger partial charge in [0.15, 0.2) is 6.61 Å². The van der Waals surface area contributed by atoms with Crippen LogP contribution in [0.1, 0.15) is 23.6 Å². The number of aryl methyl sites for hydroxylation is 1. The minimum absolute atomic E-state index is 0.122. The quantitative estimate of drug-likeness (QED) is 0.776. The summed E-state index contributed by atoms with van der Waals surface area (Å²) in [6.07, 6.45) is -3.43. The minimum atomic E-state index is -4.36. The Labute approximate surface area is 145 Å². The van der Waals surface area contributed by atoms with Gasteiger partial charge in [0.25, 0.3) is 5.91 Å². The summed E-state index contributed by atoms with van der Waals surface area (Å²) in [5, 5.41) is 0. The molecule has 0 bridgehead atoms. The van der Waals surface area contributed by atoms with Crippen LogP contribution in [0, 0.1) is 0 Å². The van der Waals surface area contributed by atoms with Crippen molar-refractivity contribution in [3.05, 3.63) is 65.2 Å². The van der Waals surface area contributed by atoms with Gasteiger partial charge in [-0.1, -0.05) is 31.2 Å². The topological polar surface area (TPSA) is 29.5 Å². The number of carbonyl (C=O) groups is 1. The molecule has 3 nitrogen and oxygen atoms in total. The van der Waals surface area contributed by atoms with Gasteiger partial charge in [-0.15, -0.1) is 0 Å². The molecule has 0 fully saturated rings. The minimum Gasteiger partial charge on any atom is -0.484 e. The molecule has 25 heavy (non-hydrogen) atoms. The molecule has 0 spiro atoms. The zero-order valence-electron chi connectivity index (χ0n) is 14.1. The maximum atomic E-state index is 12.5. The van der Waals surface area contributed by atoms with Crippen molar-refractivity contribution in [1.82, 2.24) is 4.90 Å². The fraction of sp³-hybridized carbons (Fsp3) is 0.316. The van der Waals surface area contributed by atoms with E-state index in [-0.39, 0.29) is 19.1 Å². The van der Waals surface area contributed by atoms with E-state index in [9.17, 15) is 18.0 Å². The number of hydrogen-bond donors (Lipinski definition) is 0. The maximum absolute atomic E-state index is 12.5. The average molecular weight is 351 g/mol. The van der Waals surface area contributed by atoms with Gasteiger partial charge in [-0.2, -0.15) is 13.2 Å². The SMILES string of the molecule is CCc1ccc(OCC(=O)N(C)Cc2ccc(C(F)(F)F)cc2)cc1. The first-order chi connectivity index (χ1) is 11.8. The molecule has 1 amide bonds. The second-order valence-electron chi connectivity index (χ2n) is 5.73. The van der Waals surface area contributed by atoms with Crippen molar-refractivity contribution >= 4 is 5.91 Å². The molecule has 0 aromatic heterocycles. The number of ether oxygens (including phenoxy) is 1. The highest BCUT2D eigenvalue weighted by Gasteiger charge is 2.29. The van der Waals surface area contributed by atoms with Gasteiger partial charge in [0.2, 0.25) is 0 Å². The molecule has 0 aliphatic rings. The number of amides is 1. The largest absolute Gasteiger partial charge is 0.484 e. The molecule has 0 atom stereocenters. The van der Waals surface area contributed by atoms with Crippen molar-refractivity contribution in [2.45, 2.75) is 26.1 Å². The van der Waals surface area contributed by atoms with Gasteiger partial charge in [-0.25, -0.2) is 0 Å². The van der Waals surface area contributed by atoms with Gasteiger partial charge in [-0.05, 0) is 41.8 Å². The summed E-state index contributed by atoms with van der Waals surface area (Å²) in [4.78, 5) is 13.5. The standard InChI is InChI=1S/C19H20F3NO2/c1-3-14-6-10-17(11-7-14)25-13-18(24)23(2)12-15-4-8-16(9-5-15)19(20,21)22/h4-11H,3,12-13H2,1-2H3. The number of hydrogen-bond acceptors (Lipinski definition) is 2. The first-order valence-electron chi connectivity index (χ1n) is 7.91. The van der Waals surface area contributed by atoms with Gasteiger partial charge in [-0.3, -0.25) is 4.79 Å². The lowest BCUT2D eigenvalue weighted by molar-refractivity contribution is -0.137. The van der Waals surface area contributed by atoms with E-state index in [1.54, 1.807) is 7.05 Å². The Morgan fingerprint density at radius 2 is 1.56 bits per heavy atom. The zero-order valence-corrected chi connectivity index (χ0v) is 14.1. The fourth-order valence-corrected chi connectivity index (χ4v) is 2.24. The third-order valence-corrected chi connectivity index (χ3v) is 3.82. The molecule has 2 rings (SSSR count).